The van der Waals surface area contributed by atoms with E-state index in [2.05, 4.69) is 27.8 Å². The summed E-state index contributed by atoms with van der Waals surface area (Å²) in [6, 6.07) is 13.3. The standard InChI is InChI=1S/C15H12BrNO/c1-18-15-5-3-2-4-11(15)6-7-12-10-13(16)8-9-14(12)17/h2-5,8-10H,17H2,1H3. The fraction of sp³-hybridized carbons (Fsp3) is 0.0667. The molecule has 90 valence electrons. The van der Waals surface area contributed by atoms with Crippen LogP contribution in [0.3, 0.4) is 0 Å². The zero-order valence-corrected chi connectivity index (χ0v) is 11.5. The molecular weight excluding hydrogens is 290 g/mol. The van der Waals surface area contributed by atoms with E-state index in [1.54, 1.807) is 7.11 Å². The number of halogens is 1. The highest BCUT2D eigenvalue weighted by Gasteiger charge is 1.98. The topological polar surface area (TPSA) is 35.2 Å². The molecule has 0 saturated heterocycles. The first-order chi connectivity index (χ1) is 8.70. The lowest BCUT2D eigenvalue weighted by Gasteiger charge is -2.01. The molecule has 0 radical (unpaired) electrons. The summed E-state index contributed by atoms with van der Waals surface area (Å²) < 4.78 is 6.20. The third-order valence-corrected chi connectivity index (χ3v) is 2.95. The molecule has 0 heterocycles. The van der Waals surface area contributed by atoms with Gasteiger partial charge >= 0.3 is 0 Å². The summed E-state index contributed by atoms with van der Waals surface area (Å²) in [5.41, 5.74) is 8.18. The molecule has 0 fully saturated rings. The van der Waals surface area contributed by atoms with E-state index in [9.17, 15) is 0 Å². The van der Waals surface area contributed by atoms with Gasteiger partial charge in [0.2, 0.25) is 0 Å². The molecule has 0 unspecified atom stereocenters. The zero-order chi connectivity index (χ0) is 13.0. The fourth-order valence-electron chi connectivity index (χ4n) is 1.52. The van der Waals surface area contributed by atoms with Crippen molar-refractivity contribution in [3.63, 3.8) is 0 Å². The van der Waals surface area contributed by atoms with E-state index in [0.29, 0.717) is 5.69 Å². The Morgan fingerprint density at radius 1 is 1.06 bits per heavy atom. The number of nitrogens with two attached hydrogens (primary N) is 1. The molecule has 2 aromatic rings. The second-order valence-corrected chi connectivity index (χ2v) is 4.60. The van der Waals surface area contributed by atoms with Crippen LogP contribution in [-0.2, 0) is 0 Å². The summed E-state index contributed by atoms with van der Waals surface area (Å²) in [4.78, 5) is 0. The van der Waals surface area contributed by atoms with Gasteiger partial charge in [0.05, 0.1) is 12.7 Å². The molecule has 2 rings (SSSR count). The number of hydrogen-bond acceptors (Lipinski definition) is 2. The predicted molar refractivity (Wildman–Crippen MR) is 77.5 cm³/mol. The van der Waals surface area contributed by atoms with Gasteiger partial charge < -0.3 is 10.5 Å². The maximum absolute atomic E-state index is 5.87. The Kier molecular flexibility index (Phi) is 3.91. The van der Waals surface area contributed by atoms with Gasteiger partial charge in [-0.15, -0.1) is 0 Å². The Labute approximate surface area is 115 Å². The lowest BCUT2D eigenvalue weighted by Crippen LogP contribution is -1.90. The first kappa shape index (κ1) is 12.5. The van der Waals surface area contributed by atoms with E-state index in [0.717, 1.165) is 21.3 Å². The lowest BCUT2D eigenvalue weighted by atomic mass is 10.1. The second kappa shape index (κ2) is 5.61. The Hall–Kier alpha value is -1.92. The van der Waals surface area contributed by atoms with Gasteiger partial charge in [-0.3, -0.25) is 0 Å². The monoisotopic (exact) mass is 301 g/mol. The minimum Gasteiger partial charge on any atom is -0.495 e. The van der Waals surface area contributed by atoms with Crippen LogP contribution in [0.4, 0.5) is 5.69 Å². The maximum Gasteiger partial charge on any atom is 0.134 e. The molecule has 18 heavy (non-hydrogen) atoms. The summed E-state index contributed by atoms with van der Waals surface area (Å²) in [5, 5.41) is 0. The molecule has 0 aliphatic rings. The van der Waals surface area contributed by atoms with Gasteiger partial charge in [0.25, 0.3) is 0 Å². The number of rotatable bonds is 1. The van der Waals surface area contributed by atoms with Gasteiger partial charge in [-0.1, -0.05) is 39.9 Å². The third-order valence-electron chi connectivity index (χ3n) is 2.45. The van der Waals surface area contributed by atoms with Gasteiger partial charge in [-0.25, -0.2) is 0 Å². The number of anilines is 1. The van der Waals surface area contributed by atoms with Crippen molar-refractivity contribution in [3.8, 4) is 17.6 Å². The van der Waals surface area contributed by atoms with Gasteiger partial charge in [0.15, 0.2) is 0 Å². The molecule has 0 atom stereocenters. The molecule has 0 aromatic heterocycles. The van der Waals surface area contributed by atoms with Crippen LogP contribution in [0.5, 0.6) is 5.75 Å². The van der Waals surface area contributed by atoms with Crippen LogP contribution in [0.15, 0.2) is 46.9 Å². The van der Waals surface area contributed by atoms with Gasteiger partial charge in [-0.05, 0) is 30.3 Å². The summed E-state index contributed by atoms with van der Waals surface area (Å²) in [6.45, 7) is 0. The van der Waals surface area contributed by atoms with Crippen molar-refractivity contribution in [2.24, 2.45) is 0 Å². The number of para-hydroxylation sites is 1. The van der Waals surface area contributed by atoms with Gasteiger partial charge in [0.1, 0.15) is 5.75 Å². The highest BCUT2D eigenvalue weighted by atomic mass is 79.9. The SMILES string of the molecule is COc1ccccc1C#Cc1cc(Br)ccc1N. The second-order valence-electron chi connectivity index (χ2n) is 3.68. The van der Waals surface area contributed by atoms with Crippen molar-refractivity contribution < 1.29 is 4.74 Å². The molecule has 2 aromatic carbocycles. The number of methoxy groups -OCH3 is 1. The van der Waals surface area contributed by atoms with Crippen molar-refractivity contribution in [1.82, 2.24) is 0 Å². The smallest absolute Gasteiger partial charge is 0.134 e. The zero-order valence-electron chi connectivity index (χ0n) is 9.91. The minimum atomic E-state index is 0.667. The highest BCUT2D eigenvalue weighted by Crippen LogP contribution is 2.19. The molecular formula is C15H12BrNO. The minimum absolute atomic E-state index is 0.667. The molecule has 0 saturated carbocycles. The molecule has 2 N–H and O–H groups in total. The summed E-state index contributed by atoms with van der Waals surface area (Å²) in [5.74, 6) is 6.90. The average molecular weight is 302 g/mol. The van der Waals surface area contributed by atoms with E-state index in [-0.39, 0.29) is 0 Å². The quantitative estimate of drug-likeness (QED) is 0.647. The molecule has 2 nitrogen and oxygen atoms in total. The fourth-order valence-corrected chi connectivity index (χ4v) is 1.88. The third kappa shape index (κ3) is 2.85. The van der Waals surface area contributed by atoms with Gasteiger partial charge in [0, 0.05) is 15.7 Å². The van der Waals surface area contributed by atoms with E-state index < -0.39 is 0 Å². The Balaban J connectivity index is 2.40. The molecule has 3 heteroatoms. The van der Waals surface area contributed by atoms with Crippen LogP contribution in [0.25, 0.3) is 0 Å². The van der Waals surface area contributed by atoms with Crippen molar-refractivity contribution in [2.75, 3.05) is 12.8 Å². The van der Waals surface area contributed by atoms with Gasteiger partial charge in [-0.2, -0.15) is 0 Å². The molecule has 0 aliphatic heterocycles. The van der Waals surface area contributed by atoms with Crippen molar-refractivity contribution >= 4 is 21.6 Å². The molecule has 0 spiro atoms. The van der Waals surface area contributed by atoms with Crippen LogP contribution in [0.2, 0.25) is 0 Å². The number of nitrogen functional groups attached to an aromatic ring is 1. The van der Waals surface area contributed by atoms with Crippen LogP contribution in [0, 0.1) is 11.8 Å². The Morgan fingerprint density at radius 2 is 1.78 bits per heavy atom. The maximum atomic E-state index is 5.87. The summed E-state index contributed by atoms with van der Waals surface area (Å²) >= 11 is 3.40. The van der Waals surface area contributed by atoms with Crippen molar-refractivity contribution in [3.05, 3.63) is 58.1 Å². The number of hydrogen-bond donors (Lipinski definition) is 1. The first-order valence-electron chi connectivity index (χ1n) is 5.41. The van der Waals surface area contributed by atoms with Crippen LogP contribution in [0.1, 0.15) is 11.1 Å². The van der Waals surface area contributed by atoms with E-state index in [1.807, 2.05) is 42.5 Å². The normalized spacial score (nSPS) is 9.44. The average Bonchev–Trinajstić information content (AvgIpc) is 2.40. The van der Waals surface area contributed by atoms with Crippen LogP contribution < -0.4 is 10.5 Å². The number of benzene rings is 2. The molecule has 0 aliphatic carbocycles. The highest BCUT2D eigenvalue weighted by molar-refractivity contribution is 9.10. The van der Waals surface area contributed by atoms with Crippen LogP contribution in [-0.4, -0.2) is 7.11 Å². The van der Waals surface area contributed by atoms with Crippen LogP contribution >= 0.6 is 15.9 Å². The van der Waals surface area contributed by atoms with Crippen molar-refractivity contribution in [1.29, 1.82) is 0 Å². The molecule has 0 amide bonds. The van der Waals surface area contributed by atoms with E-state index >= 15 is 0 Å². The number of ether oxygens (including phenoxy) is 1. The van der Waals surface area contributed by atoms with Crippen molar-refractivity contribution in [2.45, 2.75) is 0 Å². The lowest BCUT2D eigenvalue weighted by molar-refractivity contribution is 0.413. The Bertz CT molecular complexity index is 626. The summed E-state index contributed by atoms with van der Waals surface area (Å²) in [6.07, 6.45) is 0. The van der Waals surface area contributed by atoms with E-state index in [1.165, 1.54) is 0 Å². The predicted octanol–water partition coefficient (Wildman–Crippen LogP) is 3.44. The Morgan fingerprint density at radius 3 is 2.56 bits per heavy atom. The first-order valence-corrected chi connectivity index (χ1v) is 6.20. The largest absolute Gasteiger partial charge is 0.495 e. The summed E-state index contributed by atoms with van der Waals surface area (Å²) in [7, 11) is 1.63. The van der Waals surface area contributed by atoms with E-state index in [4.69, 9.17) is 10.5 Å². The molecule has 0 bridgehead atoms.